The van der Waals surface area contributed by atoms with E-state index >= 15 is 0 Å². The fourth-order valence-electron chi connectivity index (χ4n) is 22.2. The van der Waals surface area contributed by atoms with Crippen LogP contribution in [-0.2, 0) is 50.1 Å². The monoisotopic (exact) mass is 2360 g/mol. The van der Waals surface area contributed by atoms with Crippen molar-refractivity contribution in [2.45, 2.75) is 466 Å². The molecule has 25 nitrogen and oxygen atoms in total. The molecule has 0 bridgehead atoms. The number of carbonyl (C=O) groups is 5. The minimum absolute atomic E-state index is 0. The molecule has 10 saturated carbocycles. The zero-order chi connectivity index (χ0) is 102. The molecular formula is C111H176Br4N10O15S5. The molecule has 0 heterocycles. The molecular weight excluding hydrogens is 2190 g/mol. The maximum absolute atomic E-state index is 13.4. The number of carbonyl (C=O) groups excluding carboxylic acids is 5. The van der Waals surface area contributed by atoms with Gasteiger partial charge in [-0.2, -0.15) is 0 Å². The van der Waals surface area contributed by atoms with Gasteiger partial charge in [-0.25, -0.2) is 65.7 Å². The van der Waals surface area contributed by atoms with Crippen LogP contribution in [-0.4, -0.2) is 132 Å². The normalized spacial score (nSPS) is 24.5. The standard InChI is InChI=1S/C27H44N2O3S.2C21H32N2O3S.C19H24Br4N2O3S.C19H28N2O3S.4CH4/c1-26(2,3)19-11-15-21(16-12-19)28-25(30)23-9-7-8-10-24(23)33(31,32)29-22-17-13-20(14-18-22)27(4,5)6;1-15-9-3-6-12-18(15)22-21(24)17-11-5-8-14-20(17)27(25,26)23-19-13-7-4-10-16(19)2;1-15-7-11-17(12-8-15)22-21(24)19-5-3-4-6-20(19)27(25,26)23-18-13-9-16(2)10-14-18;20-14-13(19(26)24-11-7-3-1-4-8-11)18(17(23)16(22)15(14)21)29(27,28)25-12-9-5-2-6-10-12;22-19(20-15-9-3-1-4-10-15)17-13-7-8-14-18(17)25(23,24)21-16-11-5-2-6-12-16;;;;/h7-10,19-22,29H,11-18H2,1-6H3,(H,28,30);5,8,11,14-16,18-19,23H,3-4,6-7,9-10,12-13H2,1-2H3,(H,22,24);3-6,15-18,23H,7-14H2,1-2H3,(H,22,24);11-12,25H,1-10H2,(H,24,26);7-8,13-16,21H,1-6,9-12H2,(H,20,22);4*1H4. The highest BCUT2D eigenvalue weighted by Gasteiger charge is 2.40. The summed E-state index contributed by atoms with van der Waals surface area (Å²) in [6.45, 7) is 22.3. The summed E-state index contributed by atoms with van der Waals surface area (Å²) in [7, 11) is -18.8. The number of hydrogen-bond acceptors (Lipinski definition) is 15. The number of nitrogens with one attached hydrogen (secondary N) is 10. The van der Waals surface area contributed by atoms with Crippen molar-refractivity contribution in [3.8, 4) is 0 Å². The van der Waals surface area contributed by atoms with Crippen LogP contribution in [0.2, 0.25) is 0 Å². The highest BCUT2D eigenvalue weighted by molar-refractivity contribution is 9.15. The summed E-state index contributed by atoms with van der Waals surface area (Å²) in [6.07, 6.45) is 44.5. The van der Waals surface area contributed by atoms with E-state index in [9.17, 15) is 66.1 Å². The van der Waals surface area contributed by atoms with Gasteiger partial charge in [0.1, 0.15) is 4.90 Å². The lowest BCUT2D eigenvalue weighted by Gasteiger charge is -2.37. The summed E-state index contributed by atoms with van der Waals surface area (Å²) < 4.78 is 147. The van der Waals surface area contributed by atoms with Gasteiger partial charge >= 0.3 is 0 Å². The molecule has 15 rings (SSSR count). The molecule has 0 spiro atoms. The van der Waals surface area contributed by atoms with Crippen molar-refractivity contribution in [2.24, 2.45) is 46.3 Å². The summed E-state index contributed by atoms with van der Waals surface area (Å²) in [6, 6.07) is 26.5. The highest BCUT2D eigenvalue weighted by Crippen LogP contribution is 2.46. The molecule has 5 aromatic rings. The molecule has 10 aliphatic carbocycles. The minimum atomic E-state index is -3.91. The summed E-state index contributed by atoms with van der Waals surface area (Å²) in [5.41, 5.74) is 1.64. The number of hydrogen-bond donors (Lipinski definition) is 10. The highest BCUT2D eigenvalue weighted by atomic mass is 79.9. The average molecular weight is 2370 g/mol. The van der Waals surface area contributed by atoms with Crippen LogP contribution >= 0.6 is 63.7 Å². The largest absolute Gasteiger partial charge is 0.349 e. The summed E-state index contributed by atoms with van der Waals surface area (Å²) in [5, 5.41) is 15.3. The Morgan fingerprint density at radius 3 is 0.807 bits per heavy atom. The second-order valence-corrected chi connectivity index (χ2v) is 55.8. The van der Waals surface area contributed by atoms with E-state index < -0.39 is 50.1 Å². The van der Waals surface area contributed by atoms with E-state index in [-0.39, 0.29) is 183 Å². The topological polar surface area (TPSA) is 376 Å². The fourth-order valence-corrected chi connectivity index (χ4v) is 33.1. The number of benzene rings is 5. The third-order valence-electron chi connectivity index (χ3n) is 31.2. The Hall–Kier alpha value is -5.08. The molecule has 818 valence electrons. The summed E-state index contributed by atoms with van der Waals surface area (Å²) in [5.74, 6) is 1.87. The Bertz CT molecular complexity index is 5580. The van der Waals surface area contributed by atoms with Crippen LogP contribution in [0.3, 0.4) is 0 Å². The maximum Gasteiger partial charge on any atom is 0.254 e. The SMILES string of the molecule is C.C.C.C.CC(C)(C)C1CCC(NC(=O)c2ccccc2S(=O)(=O)NC2CCC(C(C)(C)C)CC2)CC1.CC1CCC(NC(=O)c2ccccc2S(=O)(=O)NC2CCC(C)CC2)CC1.CC1CCCCC1NC(=O)c1ccccc1S(=O)(=O)NC1CCCCC1C.O=C(NC1CCCCC1)c1c(Br)c(Br)c(Br)c(Br)c1S(=O)(=O)NC1CCCCC1.O=C(NC1CCCCC1)c1ccccc1S(=O)(=O)NC1CCCCC1. The molecule has 0 aromatic heterocycles. The van der Waals surface area contributed by atoms with Crippen molar-refractivity contribution < 1.29 is 66.1 Å². The Labute approximate surface area is 907 Å². The van der Waals surface area contributed by atoms with Gasteiger partial charge in [0.15, 0.2) is 0 Å². The molecule has 34 heteroatoms. The smallest absolute Gasteiger partial charge is 0.254 e. The van der Waals surface area contributed by atoms with Gasteiger partial charge in [0.25, 0.3) is 29.5 Å². The average Bonchev–Trinajstić information content (AvgIpc) is 0.747. The minimum Gasteiger partial charge on any atom is -0.349 e. The van der Waals surface area contributed by atoms with Crippen LogP contribution in [0, 0.1) is 46.3 Å². The van der Waals surface area contributed by atoms with E-state index in [1.54, 1.807) is 78.9 Å². The molecule has 0 aliphatic heterocycles. The van der Waals surface area contributed by atoms with E-state index in [1.165, 1.54) is 43.9 Å². The van der Waals surface area contributed by atoms with Crippen LogP contribution in [0.25, 0.3) is 0 Å². The zero-order valence-corrected chi connectivity index (χ0v) is 95.2. The van der Waals surface area contributed by atoms with Crippen molar-refractivity contribution in [3.05, 3.63) is 143 Å². The first-order chi connectivity index (χ1) is 66.8. The van der Waals surface area contributed by atoms with E-state index in [0.717, 1.165) is 257 Å². The number of halogens is 4. The zero-order valence-electron chi connectivity index (χ0n) is 84.8. The van der Waals surface area contributed by atoms with Crippen LogP contribution in [0.5, 0.6) is 0 Å². The number of rotatable bonds is 25. The van der Waals surface area contributed by atoms with Gasteiger partial charge < -0.3 is 26.6 Å². The van der Waals surface area contributed by atoms with Crippen molar-refractivity contribution in [3.63, 3.8) is 0 Å². The predicted molar refractivity (Wildman–Crippen MR) is 602 cm³/mol. The molecule has 5 aromatic carbocycles. The van der Waals surface area contributed by atoms with Gasteiger partial charge in [-0.1, -0.05) is 250 Å². The lowest BCUT2D eigenvalue weighted by atomic mass is 9.71. The van der Waals surface area contributed by atoms with Gasteiger partial charge in [0.05, 0.1) is 51.9 Å². The van der Waals surface area contributed by atoms with E-state index in [0.29, 0.717) is 53.4 Å². The summed E-state index contributed by atoms with van der Waals surface area (Å²) >= 11 is 13.7. The van der Waals surface area contributed by atoms with Crippen molar-refractivity contribution in [1.82, 2.24) is 50.2 Å². The van der Waals surface area contributed by atoms with Gasteiger partial charge in [-0.3, -0.25) is 24.0 Å². The quantitative estimate of drug-likeness (QED) is 0.0192. The molecule has 10 fully saturated rings. The lowest BCUT2D eigenvalue weighted by Crippen LogP contribution is -2.43. The van der Waals surface area contributed by atoms with Gasteiger partial charge in [-0.15, -0.1) is 0 Å². The molecule has 0 saturated heterocycles. The number of amides is 5. The Morgan fingerprint density at radius 1 is 0.248 bits per heavy atom. The second-order valence-electron chi connectivity index (χ2n) is 44.2. The molecule has 10 N–H and O–H groups in total. The van der Waals surface area contributed by atoms with Crippen molar-refractivity contribution >= 4 is 143 Å². The van der Waals surface area contributed by atoms with Crippen molar-refractivity contribution in [2.75, 3.05) is 0 Å². The van der Waals surface area contributed by atoms with Crippen LogP contribution < -0.4 is 50.2 Å². The van der Waals surface area contributed by atoms with Crippen LogP contribution in [0.4, 0.5) is 0 Å². The third-order valence-corrected chi connectivity index (χ3v) is 44.1. The Balaban J connectivity index is 0.000000245. The van der Waals surface area contributed by atoms with Gasteiger partial charge in [0, 0.05) is 73.8 Å². The maximum atomic E-state index is 13.4. The van der Waals surface area contributed by atoms with Crippen molar-refractivity contribution in [1.29, 1.82) is 0 Å². The first kappa shape index (κ1) is 127. The first-order valence-corrected chi connectivity index (χ1v) is 63.3. The van der Waals surface area contributed by atoms with E-state index in [1.807, 2.05) is 0 Å². The van der Waals surface area contributed by atoms with Gasteiger partial charge in [-0.05, 0) is 338 Å². The Morgan fingerprint density at radius 2 is 0.483 bits per heavy atom. The predicted octanol–water partition coefficient (Wildman–Crippen LogP) is 25.9. The van der Waals surface area contributed by atoms with Crippen LogP contribution in [0.15, 0.2) is 139 Å². The van der Waals surface area contributed by atoms with E-state index in [4.69, 9.17) is 0 Å². The molecule has 4 unspecified atom stereocenters. The lowest BCUT2D eigenvalue weighted by molar-refractivity contribution is 0.0894. The molecule has 145 heavy (non-hydrogen) atoms. The molecule has 10 aliphatic rings. The first-order valence-electron chi connectivity index (χ1n) is 52.7. The molecule has 5 amide bonds. The second kappa shape index (κ2) is 58.8. The molecule has 0 radical (unpaired) electrons. The van der Waals surface area contributed by atoms with Gasteiger partial charge in [0.2, 0.25) is 50.1 Å². The van der Waals surface area contributed by atoms with Crippen LogP contribution in [0.1, 0.15) is 433 Å². The summed E-state index contributed by atoms with van der Waals surface area (Å²) in [4.78, 5) is 65.0. The number of sulfonamides is 5. The fraction of sp³-hybridized carbons (Fsp3) is 0.685. The molecule has 4 atom stereocenters. The third kappa shape index (κ3) is 37.4. The Kier molecular flexibility index (Phi) is 51.5. The van der Waals surface area contributed by atoms with E-state index in [2.05, 4.69) is 183 Å².